The standard InChI is InChI=1S/C13H17N3O2S.ClH/c1-8(2)6-9(14)12(17)16-13-15-10(7-19-13)11-4-3-5-18-11;/h3-5,7-9H,6,14H2,1-2H3,(H,15,16,17);1H/t9-;/m0./s1. The molecule has 0 aliphatic rings. The molecule has 2 aromatic heterocycles. The van der Waals surface area contributed by atoms with Crippen molar-refractivity contribution in [1.82, 2.24) is 4.98 Å². The molecule has 2 heterocycles. The summed E-state index contributed by atoms with van der Waals surface area (Å²) in [5, 5.41) is 5.10. The summed E-state index contributed by atoms with van der Waals surface area (Å²) < 4.78 is 5.24. The van der Waals surface area contributed by atoms with Gasteiger partial charge in [-0.15, -0.1) is 23.7 Å². The molecular weight excluding hydrogens is 298 g/mol. The lowest BCUT2D eigenvalue weighted by Crippen LogP contribution is -2.36. The maximum atomic E-state index is 11.9. The highest BCUT2D eigenvalue weighted by Gasteiger charge is 2.16. The topological polar surface area (TPSA) is 81.2 Å². The molecule has 0 aliphatic heterocycles. The number of amides is 1. The van der Waals surface area contributed by atoms with Crippen LogP contribution in [0.1, 0.15) is 20.3 Å². The number of nitrogens with zero attached hydrogens (tertiary/aromatic N) is 1. The van der Waals surface area contributed by atoms with Gasteiger partial charge in [0.05, 0.1) is 12.3 Å². The fourth-order valence-corrected chi connectivity index (χ4v) is 2.38. The molecule has 0 bridgehead atoms. The molecule has 2 rings (SSSR count). The summed E-state index contributed by atoms with van der Waals surface area (Å²) in [4.78, 5) is 16.1. The van der Waals surface area contributed by atoms with Crippen molar-refractivity contribution in [2.24, 2.45) is 11.7 Å². The van der Waals surface area contributed by atoms with Crippen molar-refractivity contribution in [1.29, 1.82) is 0 Å². The van der Waals surface area contributed by atoms with Gasteiger partial charge in [0.1, 0.15) is 5.69 Å². The zero-order chi connectivity index (χ0) is 13.8. The van der Waals surface area contributed by atoms with Gasteiger partial charge < -0.3 is 15.5 Å². The van der Waals surface area contributed by atoms with Crippen LogP contribution in [0.2, 0.25) is 0 Å². The van der Waals surface area contributed by atoms with E-state index in [1.807, 2.05) is 25.3 Å². The minimum absolute atomic E-state index is 0. The van der Waals surface area contributed by atoms with Gasteiger partial charge in [0, 0.05) is 5.38 Å². The number of anilines is 1. The van der Waals surface area contributed by atoms with Crippen LogP contribution in [0.25, 0.3) is 11.5 Å². The van der Waals surface area contributed by atoms with Gasteiger partial charge in [-0.05, 0) is 24.5 Å². The van der Waals surface area contributed by atoms with Crippen LogP contribution in [0.5, 0.6) is 0 Å². The van der Waals surface area contributed by atoms with E-state index in [9.17, 15) is 4.79 Å². The number of rotatable bonds is 5. The number of halogens is 1. The highest BCUT2D eigenvalue weighted by Crippen LogP contribution is 2.25. The lowest BCUT2D eigenvalue weighted by atomic mass is 10.0. The molecule has 0 spiro atoms. The van der Waals surface area contributed by atoms with Crippen molar-refractivity contribution in [2.45, 2.75) is 26.3 Å². The number of carbonyl (C=O) groups is 1. The van der Waals surface area contributed by atoms with Crippen LogP contribution in [0.15, 0.2) is 28.2 Å². The molecule has 0 radical (unpaired) electrons. The summed E-state index contributed by atoms with van der Waals surface area (Å²) in [6.07, 6.45) is 2.24. The predicted molar refractivity (Wildman–Crippen MR) is 83.1 cm³/mol. The van der Waals surface area contributed by atoms with Gasteiger partial charge in [-0.2, -0.15) is 0 Å². The molecule has 110 valence electrons. The maximum absolute atomic E-state index is 11.9. The maximum Gasteiger partial charge on any atom is 0.243 e. The summed E-state index contributed by atoms with van der Waals surface area (Å²) in [6, 6.07) is 3.12. The highest BCUT2D eigenvalue weighted by atomic mass is 35.5. The molecule has 0 aromatic carbocycles. The first-order valence-electron chi connectivity index (χ1n) is 6.12. The third-order valence-electron chi connectivity index (χ3n) is 2.57. The molecule has 0 saturated heterocycles. The van der Waals surface area contributed by atoms with Crippen LogP contribution in [0.3, 0.4) is 0 Å². The number of hydrogen-bond donors (Lipinski definition) is 2. The van der Waals surface area contributed by atoms with Crippen LogP contribution in [0.4, 0.5) is 5.13 Å². The van der Waals surface area contributed by atoms with E-state index in [2.05, 4.69) is 10.3 Å². The molecule has 0 unspecified atom stereocenters. The van der Waals surface area contributed by atoms with Crippen molar-refractivity contribution in [3.05, 3.63) is 23.8 Å². The third-order valence-corrected chi connectivity index (χ3v) is 3.33. The van der Waals surface area contributed by atoms with E-state index in [1.165, 1.54) is 11.3 Å². The summed E-state index contributed by atoms with van der Waals surface area (Å²) in [5.74, 6) is 0.869. The number of hydrogen-bond acceptors (Lipinski definition) is 5. The summed E-state index contributed by atoms with van der Waals surface area (Å²) in [7, 11) is 0. The second kappa shape index (κ2) is 7.42. The second-order valence-electron chi connectivity index (χ2n) is 4.74. The number of aromatic nitrogens is 1. The predicted octanol–water partition coefficient (Wildman–Crippen LogP) is 3.14. The molecular formula is C13H18ClN3O2S. The van der Waals surface area contributed by atoms with Crippen LogP contribution in [-0.2, 0) is 4.79 Å². The van der Waals surface area contributed by atoms with Gasteiger partial charge in [-0.1, -0.05) is 13.8 Å². The zero-order valence-electron chi connectivity index (χ0n) is 11.3. The van der Waals surface area contributed by atoms with E-state index in [0.717, 1.165) is 0 Å². The van der Waals surface area contributed by atoms with Gasteiger partial charge in [-0.3, -0.25) is 4.79 Å². The summed E-state index contributed by atoms with van der Waals surface area (Å²) >= 11 is 1.35. The van der Waals surface area contributed by atoms with Crippen LogP contribution < -0.4 is 11.1 Å². The van der Waals surface area contributed by atoms with E-state index < -0.39 is 6.04 Å². The second-order valence-corrected chi connectivity index (χ2v) is 5.60. The lowest BCUT2D eigenvalue weighted by molar-refractivity contribution is -0.117. The van der Waals surface area contributed by atoms with Gasteiger partial charge in [0.15, 0.2) is 10.9 Å². The fourth-order valence-electron chi connectivity index (χ4n) is 1.68. The van der Waals surface area contributed by atoms with Crippen LogP contribution in [-0.4, -0.2) is 16.9 Å². The van der Waals surface area contributed by atoms with E-state index in [4.69, 9.17) is 10.2 Å². The molecule has 0 saturated carbocycles. The Morgan fingerprint density at radius 3 is 2.90 bits per heavy atom. The molecule has 1 amide bonds. The van der Waals surface area contributed by atoms with Gasteiger partial charge in [-0.25, -0.2) is 4.98 Å². The monoisotopic (exact) mass is 315 g/mol. The first-order chi connectivity index (χ1) is 9.06. The molecule has 20 heavy (non-hydrogen) atoms. The number of nitrogens with two attached hydrogens (primary N) is 1. The Labute approximate surface area is 128 Å². The average molecular weight is 316 g/mol. The van der Waals surface area contributed by atoms with E-state index in [-0.39, 0.29) is 18.3 Å². The molecule has 3 N–H and O–H groups in total. The summed E-state index contributed by atoms with van der Waals surface area (Å²) in [6.45, 7) is 4.07. The summed E-state index contributed by atoms with van der Waals surface area (Å²) in [5.41, 5.74) is 6.52. The number of furan rings is 1. The Bertz CT molecular complexity index is 540. The minimum Gasteiger partial charge on any atom is -0.463 e. The molecule has 1 atom stereocenters. The Morgan fingerprint density at radius 2 is 2.30 bits per heavy atom. The Morgan fingerprint density at radius 1 is 1.55 bits per heavy atom. The van der Waals surface area contributed by atoms with Gasteiger partial charge >= 0.3 is 0 Å². The van der Waals surface area contributed by atoms with Gasteiger partial charge in [0.25, 0.3) is 0 Å². The van der Waals surface area contributed by atoms with Crippen LogP contribution >= 0.6 is 23.7 Å². The average Bonchev–Trinajstić information content (AvgIpc) is 2.96. The van der Waals surface area contributed by atoms with E-state index >= 15 is 0 Å². The first-order valence-corrected chi connectivity index (χ1v) is 7.00. The van der Waals surface area contributed by atoms with Crippen molar-refractivity contribution < 1.29 is 9.21 Å². The van der Waals surface area contributed by atoms with Gasteiger partial charge in [0.2, 0.25) is 5.91 Å². The number of thiazole rings is 1. The number of carbonyl (C=O) groups excluding carboxylic acids is 1. The smallest absolute Gasteiger partial charge is 0.243 e. The van der Waals surface area contributed by atoms with Crippen molar-refractivity contribution in [3.8, 4) is 11.5 Å². The Balaban J connectivity index is 0.00000200. The minimum atomic E-state index is -0.504. The van der Waals surface area contributed by atoms with Crippen LogP contribution in [0, 0.1) is 5.92 Å². The van der Waals surface area contributed by atoms with E-state index in [1.54, 1.807) is 12.3 Å². The van der Waals surface area contributed by atoms with Crippen molar-refractivity contribution >= 4 is 34.8 Å². The first kappa shape index (κ1) is 16.7. The highest BCUT2D eigenvalue weighted by molar-refractivity contribution is 7.14. The van der Waals surface area contributed by atoms with Crippen molar-refractivity contribution in [3.63, 3.8) is 0 Å². The molecule has 5 nitrogen and oxygen atoms in total. The number of nitrogens with one attached hydrogen (secondary N) is 1. The normalized spacial score (nSPS) is 12.0. The lowest BCUT2D eigenvalue weighted by Gasteiger charge is -2.12. The molecule has 0 fully saturated rings. The quantitative estimate of drug-likeness (QED) is 0.888. The molecule has 0 aliphatic carbocycles. The van der Waals surface area contributed by atoms with E-state index in [0.29, 0.717) is 28.9 Å². The Kier molecular flexibility index (Phi) is 6.19. The molecule has 2 aromatic rings. The molecule has 7 heteroatoms. The third kappa shape index (κ3) is 4.33. The fraction of sp³-hybridized carbons (Fsp3) is 0.385. The van der Waals surface area contributed by atoms with Crippen molar-refractivity contribution in [2.75, 3.05) is 5.32 Å². The zero-order valence-corrected chi connectivity index (χ0v) is 13.0. The SMILES string of the molecule is CC(C)C[C@H](N)C(=O)Nc1nc(-c2ccco2)cs1.Cl. The Hall–Kier alpha value is -1.37. The largest absolute Gasteiger partial charge is 0.463 e.